The number of halogens is 1. The van der Waals surface area contributed by atoms with E-state index in [4.69, 9.17) is 11.6 Å². The van der Waals surface area contributed by atoms with Crippen LogP contribution in [0.4, 0.5) is 0 Å². The largest absolute Gasteiger partial charge is 0.338 e. The molecule has 0 aliphatic carbocycles. The number of piperidine rings is 1. The summed E-state index contributed by atoms with van der Waals surface area (Å²) in [4.78, 5) is 15.4. The van der Waals surface area contributed by atoms with Crippen LogP contribution in [0.15, 0.2) is 5.38 Å². The molecule has 0 bridgehead atoms. The SMILES string of the molecule is CCCN(CC1CCCNC1)C(=O)c1scc(C)c1Cl. The van der Waals surface area contributed by atoms with Gasteiger partial charge in [-0.05, 0) is 56.1 Å². The lowest BCUT2D eigenvalue weighted by Crippen LogP contribution is -2.41. The highest BCUT2D eigenvalue weighted by molar-refractivity contribution is 7.13. The van der Waals surface area contributed by atoms with E-state index >= 15 is 0 Å². The van der Waals surface area contributed by atoms with E-state index in [-0.39, 0.29) is 5.91 Å². The molecule has 1 N–H and O–H groups in total. The number of carbonyl (C=O) groups is 1. The summed E-state index contributed by atoms with van der Waals surface area (Å²) in [6.45, 7) is 7.83. The Labute approximate surface area is 130 Å². The summed E-state index contributed by atoms with van der Waals surface area (Å²) in [5, 5.41) is 6.00. The second kappa shape index (κ2) is 7.43. The van der Waals surface area contributed by atoms with Gasteiger partial charge in [0.15, 0.2) is 0 Å². The molecule has 0 aromatic carbocycles. The summed E-state index contributed by atoms with van der Waals surface area (Å²) in [6.07, 6.45) is 3.39. The summed E-state index contributed by atoms with van der Waals surface area (Å²) in [7, 11) is 0. The van der Waals surface area contributed by atoms with E-state index in [0.29, 0.717) is 15.8 Å². The summed E-state index contributed by atoms with van der Waals surface area (Å²) in [5.41, 5.74) is 0.996. The van der Waals surface area contributed by atoms with Gasteiger partial charge in [-0.25, -0.2) is 0 Å². The molecule has 1 aromatic rings. The normalized spacial score (nSPS) is 19.1. The second-order valence-corrected chi connectivity index (χ2v) is 6.78. The molecule has 3 nitrogen and oxygen atoms in total. The number of nitrogens with zero attached hydrogens (tertiary/aromatic N) is 1. The Morgan fingerprint density at radius 3 is 2.95 bits per heavy atom. The summed E-state index contributed by atoms with van der Waals surface area (Å²) in [6, 6.07) is 0. The molecule has 1 unspecified atom stereocenters. The third-order valence-electron chi connectivity index (χ3n) is 3.75. The van der Waals surface area contributed by atoms with Gasteiger partial charge in [0.1, 0.15) is 4.88 Å². The number of thiophene rings is 1. The van der Waals surface area contributed by atoms with E-state index in [1.165, 1.54) is 24.2 Å². The fraction of sp³-hybridized carbons (Fsp3) is 0.667. The van der Waals surface area contributed by atoms with Gasteiger partial charge >= 0.3 is 0 Å². The second-order valence-electron chi connectivity index (χ2n) is 5.53. The van der Waals surface area contributed by atoms with Crippen molar-refractivity contribution in [1.82, 2.24) is 10.2 Å². The molecule has 1 aliphatic rings. The average molecular weight is 315 g/mol. The molecule has 1 amide bonds. The highest BCUT2D eigenvalue weighted by Gasteiger charge is 2.24. The first-order valence-corrected chi connectivity index (χ1v) is 8.62. The summed E-state index contributed by atoms with van der Waals surface area (Å²) < 4.78 is 0. The molecule has 0 saturated carbocycles. The van der Waals surface area contributed by atoms with Crippen LogP contribution in [0.2, 0.25) is 5.02 Å². The lowest BCUT2D eigenvalue weighted by Gasteiger charge is -2.30. The van der Waals surface area contributed by atoms with Crippen LogP contribution in [0.25, 0.3) is 0 Å². The van der Waals surface area contributed by atoms with Crippen LogP contribution in [0.5, 0.6) is 0 Å². The van der Waals surface area contributed by atoms with Gasteiger partial charge in [-0.1, -0.05) is 18.5 Å². The minimum Gasteiger partial charge on any atom is -0.338 e. The molecule has 0 spiro atoms. The lowest BCUT2D eigenvalue weighted by atomic mass is 9.99. The smallest absolute Gasteiger partial charge is 0.265 e. The van der Waals surface area contributed by atoms with Crippen molar-refractivity contribution >= 4 is 28.8 Å². The predicted molar refractivity (Wildman–Crippen MR) is 85.9 cm³/mol. The molecule has 2 rings (SSSR count). The maximum Gasteiger partial charge on any atom is 0.265 e. The molecular formula is C15H23ClN2OS. The standard InChI is InChI=1S/C15H23ClN2OS/c1-3-7-18(9-12-5-4-6-17-8-12)15(19)14-13(16)11(2)10-20-14/h10,12,17H,3-9H2,1-2H3. The van der Waals surface area contributed by atoms with E-state index < -0.39 is 0 Å². The lowest BCUT2D eigenvalue weighted by molar-refractivity contribution is 0.0724. The van der Waals surface area contributed by atoms with E-state index in [9.17, 15) is 4.79 Å². The first-order valence-electron chi connectivity index (χ1n) is 7.37. The Morgan fingerprint density at radius 1 is 1.60 bits per heavy atom. The first kappa shape index (κ1) is 15.8. The van der Waals surface area contributed by atoms with Gasteiger partial charge < -0.3 is 10.2 Å². The van der Waals surface area contributed by atoms with Crippen LogP contribution >= 0.6 is 22.9 Å². The number of amides is 1. The third kappa shape index (κ3) is 3.74. The van der Waals surface area contributed by atoms with Crippen molar-refractivity contribution in [3.05, 3.63) is 20.8 Å². The van der Waals surface area contributed by atoms with Crippen LogP contribution < -0.4 is 5.32 Å². The molecule has 1 aliphatic heterocycles. The number of aryl methyl sites for hydroxylation is 1. The third-order valence-corrected chi connectivity index (χ3v) is 5.44. The number of rotatable bonds is 5. The molecule has 112 valence electrons. The van der Waals surface area contributed by atoms with Gasteiger partial charge in [0.25, 0.3) is 5.91 Å². The van der Waals surface area contributed by atoms with Crippen molar-refractivity contribution in [3.63, 3.8) is 0 Å². The van der Waals surface area contributed by atoms with Crippen LogP contribution in [0.1, 0.15) is 41.4 Å². The molecule has 1 saturated heterocycles. The maximum absolute atomic E-state index is 12.7. The quantitative estimate of drug-likeness (QED) is 0.901. The Bertz CT molecular complexity index is 455. The summed E-state index contributed by atoms with van der Waals surface area (Å²) >= 11 is 7.70. The van der Waals surface area contributed by atoms with Crippen molar-refractivity contribution in [2.45, 2.75) is 33.1 Å². The van der Waals surface area contributed by atoms with Crippen molar-refractivity contribution in [2.24, 2.45) is 5.92 Å². The Kier molecular flexibility index (Phi) is 5.87. The monoisotopic (exact) mass is 314 g/mol. The van der Waals surface area contributed by atoms with Crippen LogP contribution in [-0.2, 0) is 0 Å². The average Bonchev–Trinajstić information content (AvgIpc) is 2.79. The predicted octanol–water partition coefficient (Wildman–Crippen LogP) is 3.56. The van der Waals surface area contributed by atoms with Crippen molar-refractivity contribution in [1.29, 1.82) is 0 Å². The van der Waals surface area contributed by atoms with Crippen LogP contribution in [0.3, 0.4) is 0 Å². The number of hydrogen-bond donors (Lipinski definition) is 1. The molecule has 5 heteroatoms. The Hall–Kier alpha value is -0.580. The zero-order valence-corrected chi connectivity index (χ0v) is 13.8. The zero-order valence-electron chi connectivity index (χ0n) is 12.2. The van der Waals surface area contributed by atoms with Crippen LogP contribution in [0, 0.1) is 12.8 Å². The molecule has 0 radical (unpaired) electrons. The van der Waals surface area contributed by atoms with Gasteiger partial charge in [-0.3, -0.25) is 4.79 Å². The molecule has 2 heterocycles. The van der Waals surface area contributed by atoms with Gasteiger partial charge in [-0.15, -0.1) is 11.3 Å². The van der Waals surface area contributed by atoms with Crippen molar-refractivity contribution in [3.8, 4) is 0 Å². The Morgan fingerprint density at radius 2 is 2.40 bits per heavy atom. The van der Waals surface area contributed by atoms with Crippen molar-refractivity contribution < 1.29 is 4.79 Å². The molecule has 1 aromatic heterocycles. The van der Waals surface area contributed by atoms with E-state index in [2.05, 4.69) is 12.2 Å². The number of hydrogen-bond acceptors (Lipinski definition) is 3. The first-order chi connectivity index (χ1) is 9.63. The Balaban J connectivity index is 2.06. The van der Waals surface area contributed by atoms with Gasteiger partial charge in [0.05, 0.1) is 5.02 Å². The van der Waals surface area contributed by atoms with E-state index in [1.54, 1.807) is 0 Å². The summed E-state index contributed by atoms with van der Waals surface area (Å²) in [5.74, 6) is 0.666. The minimum atomic E-state index is 0.0977. The molecule has 20 heavy (non-hydrogen) atoms. The minimum absolute atomic E-state index is 0.0977. The highest BCUT2D eigenvalue weighted by atomic mass is 35.5. The fourth-order valence-electron chi connectivity index (χ4n) is 2.65. The zero-order chi connectivity index (χ0) is 14.5. The number of carbonyl (C=O) groups excluding carboxylic acids is 1. The fourth-order valence-corrected chi connectivity index (χ4v) is 3.90. The van der Waals surface area contributed by atoms with Crippen molar-refractivity contribution in [2.75, 3.05) is 26.2 Å². The van der Waals surface area contributed by atoms with E-state index in [1.807, 2.05) is 17.2 Å². The van der Waals surface area contributed by atoms with E-state index in [0.717, 1.165) is 38.2 Å². The van der Waals surface area contributed by atoms with Gasteiger partial charge in [-0.2, -0.15) is 0 Å². The van der Waals surface area contributed by atoms with Gasteiger partial charge in [0.2, 0.25) is 0 Å². The highest BCUT2D eigenvalue weighted by Crippen LogP contribution is 2.29. The topological polar surface area (TPSA) is 32.3 Å². The molecular weight excluding hydrogens is 292 g/mol. The van der Waals surface area contributed by atoms with Crippen LogP contribution in [-0.4, -0.2) is 37.0 Å². The van der Waals surface area contributed by atoms with Gasteiger partial charge in [0, 0.05) is 13.1 Å². The molecule has 1 atom stereocenters. The number of nitrogens with one attached hydrogen (secondary N) is 1. The molecule has 1 fully saturated rings. The maximum atomic E-state index is 12.7.